The van der Waals surface area contributed by atoms with Crippen LogP contribution in [0.15, 0.2) is 139 Å². The molecule has 1 aliphatic rings. The first-order valence-electron chi connectivity index (χ1n) is 44.4. The van der Waals surface area contributed by atoms with Gasteiger partial charge in [0.2, 0.25) is 0 Å². The summed E-state index contributed by atoms with van der Waals surface area (Å²) in [6, 6.07) is 41.3. The molecule has 0 aromatic heterocycles. The summed E-state index contributed by atoms with van der Waals surface area (Å²) < 4.78 is 0. The van der Waals surface area contributed by atoms with Crippen LogP contribution in [-0.2, 0) is 71.0 Å². The molecule has 13 N–H and O–H groups in total. The smallest absolute Gasteiger partial charge is 0.335 e. The number of aromatic hydroxyl groups is 6. The van der Waals surface area contributed by atoms with E-state index in [1.165, 1.54) is 5.57 Å². The number of allylic oxidation sites excluding steroid dienone is 2. The molecule has 8 aromatic carbocycles. The first-order valence-corrected chi connectivity index (χ1v) is 44.4. The Balaban J connectivity index is 0.000000248. The molecule has 0 radical (unpaired) electrons. The Morgan fingerprint density at radius 1 is 0.358 bits per heavy atom. The third-order valence-corrected chi connectivity index (χ3v) is 26.1. The lowest BCUT2D eigenvalue weighted by Gasteiger charge is -2.38. The van der Waals surface area contributed by atoms with Crippen molar-refractivity contribution in [1.29, 1.82) is 0 Å². The monoisotopic (exact) mass is 1650 g/mol. The summed E-state index contributed by atoms with van der Waals surface area (Å²) in [5.41, 5.74) is 17.5. The highest BCUT2D eigenvalue weighted by atomic mass is 16.4. The molecule has 0 heterocycles. The molecule has 8 aromatic rings. The van der Waals surface area contributed by atoms with Crippen molar-refractivity contribution in [1.82, 2.24) is 0 Å². The highest BCUT2D eigenvalue weighted by Crippen LogP contribution is 2.55. The normalized spacial score (nSPS) is 14.3. The molecule has 656 valence electrons. The Hall–Kier alpha value is -8.47. The summed E-state index contributed by atoms with van der Waals surface area (Å²) in [5, 5.41) is 139. The molecule has 0 bridgehead atoms. The molecule has 0 amide bonds. The van der Waals surface area contributed by atoms with Crippen molar-refractivity contribution in [3.63, 3.8) is 0 Å². The number of phenols is 6. The van der Waals surface area contributed by atoms with E-state index in [0.29, 0.717) is 86.8 Å². The van der Waals surface area contributed by atoms with E-state index in [1.807, 2.05) is 84.0 Å². The van der Waals surface area contributed by atoms with Gasteiger partial charge in [-0.2, -0.15) is 0 Å². The molecule has 0 fully saturated rings. The molecular weight excluding hydrogens is 1500 g/mol. The zero-order valence-corrected chi connectivity index (χ0v) is 76.3. The van der Waals surface area contributed by atoms with Crippen LogP contribution in [0.25, 0.3) is 0 Å². The van der Waals surface area contributed by atoms with Crippen molar-refractivity contribution in [2.45, 2.75) is 304 Å². The van der Waals surface area contributed by atoms with Crippen molar-refractivity contribution in [2.75, 3.05) is 39.6 Å². The predicted octanol–water partition coefficient (Wildman–Crippen LogP) is 22.4. The number of carboxylic acids is 1. The van der Waals surface area contributed by atoms with E-state index in [-0.39, 0.29) is 118 Å². The van der Waals surface area contributed by atoms with Crippen LogP contribution >= 0.6 is 0 Å². The second-order valence-electron chi connectivity index (χ2n) is 38.7. The zero-order valence-electron chi connectivity index (χ0n) is 76.3. The molecule has 0 aliphatic heterocycles. The van der Waals surface area contributed by atoms with E-state index < -0.39 is 17.8 Å². The zero-order chi connectivity index (χ0) is 89.2. The Kier molecular flexibility index (Phi) is 35.4. The van der Waals surface area contributed by atoms with Gasteiger partial charge in [-0.15, -0.1) is 0 Å². The summed E-state index contributed by atoms with van der Waals surface area (Å²) in [6.07, 6.45) is 15.7. The fraction of sp³-hybridized carbons (Fsp3) is 0.519. The van der Waals surface area contributed by atoms with Crippen LogP contribution in [-0.4, -0.2) is 112 Å². The van der Waals surface area contributed by atoms with E-state index in [4.69, 9.17) is 0 Å². The summed E-state index contributed by atoms with van der Waals surface area (Å²) in [6.45, 7) is 43.1. The van der Waals surface area contributed by atoms with Crippen molar-refractivity contribution in [3.8, 4) is 34.5 Å². The summed E-state index contributed by atoms with van der Waals surface area (Å²) in [5.74, 6) is -0.289. The van der Waals surface area contributed by atoms with Crippen LogP contribution < -0.4 is 0 Å². The minimum Gasteiger partial charge on any atom is -0.507 e. The van der Waals surface area contributed by atoms with Crippen molar-refractivity contribution >= 4 is 5.97 Å². The number of aryl methyl sites for hydroxylation is 6. The van der Waals surface area contributed by atoms with Gasteiger partial charge < -0.3 is 66.4 Å². The third kappa shape index (κ3) is 24.3. The lowest BCUT2D eigenvalue weighted by molar-refractivity contribution is 0.0696. The van der Waals surface area contributed by atoms with Crippen LogP contribution in [0.3, 0.4) is 0 Å². The first kappa shape index (κ1) is 98.6. The van der Waals surface area contributed by atoms with Gasteiger partial charge in [0.05, 0.1) is 5.56 Å². The molecule has 0 saturated carbocycles. The maximum atomic E-state index is 12.1. The largest absolute Gasteiger partial charge is 0.507 e. The molecule has 2 atom stereocenters. The second kappa shape index (κ2) is 43.0. The van der Waals surface area contributed by atoms with Crippen LogP contribution in [0.5, 0.6) is 34.5 Å². The van der Waals surface area contributed by atoms with Gasteiger partial charge in [-0.3, -0.25) is 0 Å². The number of carboxylic acid groups (broad SMARTS) is 1. The van der Waals surface area contributed by atoms with Crippen LogP contribution in [0.1, 0.15) is 355 Å². The van der Waals surface area contributed by atoms with Gasteiger partial charge in [0.25, 0.3) is 0 Å². The summed E-state index contributed by atoms with van der Waals surface area (Å²) >= 11 is 0. The number of phenolic OH excluding ortho intramolecular Hbond substituents is 6. The topological polar surface area (TPSA) is 280 Å². The van der Waals surface area contributed by atoms with E-state index in [2.05, 4.69) is 164 Å². The number of hydrogen-bond donors (Lipinski definition) is 13. The maximum Gasteiger partial charge on any atom is 0.335 e. The number of hydrogen-bond acceptors (Lipinski definition) is 13. The number of rotatable bonds is 36. The molecule has 2 unspecified atom stereocenters. The third-order valence-electron chi connectivity index (χ3n) is 26.1. The fourth-order valence-electron chi connectivity index (χ4n) is 17.1. The van der Waals surface area contributed by atoms with E-state index in [1.54, 1.807) is 24.3 Å². The van der Waals surface area contributed by atoms with Crippen molar-refractivity contribution < 1.29 is 71.2 Å². The summed E-state index contributed by atoms with van der Waals surface area (Å²) in [7, 11) is 0. The highest BCUT2D eigenvalue weighted by molar-refractivity contribution is 5.87. The predicted molar refractivity (Wildman–Crippen MR) is 491 cm³/mol. The minimum absolute atomic E-state index is 0.0454. The van der Waals surface area contributed by atoms with Gasteiger partial charge in [0.15, 0.2) is 0 Å². The Morgan fingerprint density at radius 2 is 0.608 bits per heavy atom. The van der Waals surface area contributed by atoms with E-state index in [0.717, 1.165) is 152 Å². The van der Waals surface area contributed by atoms with Gasteiger partial charge in [-0.25, -0.2) is 4.79 Å². The molecule has 14 heteroatoms. The van der Waals surface area contributed by atoms with Crippen molar-refractivity contribution in [2.24, 2.45) is 11.8 Å². The molecule has 14 nitrogen and oxygen atoms in total. The maximum absolute atomic E-state index is 12.1. The van der Waals surface area contributed by atoms with Gasteiger partial charge in [0, 0.05) is 113 Å². The molecule has 120 heavy (non-hydrogen) atoms. The molecule has 0 saturated heterocycles. The van der Waals surface area contributed by atoms with Gasteiger partial charge in [-0.1, -0.05) is 258 Å². The van der Waals surface area contributed by atoms with Gasteiger partial charge in [-0.05, 0) is 235 Å². The standard InChI is InChI=1S/C37H56O4.C35H48O4.C34H44O6/c1-9-36(5,6)31-22-26(13-11-17-38)20-29(34(31)40)33(28-16-15-24(3)19-25(28)4)30-21-27(14-12-18-39)23-32(35(30)41)37(7,8)10-2;1-7-34(3,4)29-22-24(14-12-18-36)20-27(32(29)38)31(26-16-10-9-11-17-26)28-21-25(15-13-19-37)23-30(33(28)39)35(5,6)8-2;1-33(2,3)27-19-21(9-7-15-35)17-25(30(27)37)29(23-11-13-24(14-12-23)32(39)40)26-18-22(10-8-16-36)20-28(31(26)38)34(4,5)6/h19-23,25,28,33,38-41H,9-18H2,1-8H3;9-11,16-17,20-23,31,36-39H,7-8,12-15,18-19H2,1-6H3;11-14,17-20,29,35-38H,7-10,15-16H2,1-6H3,(H,39,40). The second-order valence-corrected chi connectivity index (χ2v) is 38.7. The minimum atomic E-state index is -1.03. The average molecular weight is 1650 g/mol. The Bertz CT molecular complexity index is 4470. The molecule has 0 spiro atoms. The van der Waals surface area contributed by atoms with Crippen molar-refractivity contribution in [3.05, 3.63) is 256 Å². The number of aliphatic hydroxyl groups is 6. The lowest BCUT2D eigenvalue weighted by atomic mass is 9.67. The van der Waals surface area contributed by atoms with Crippen LogP contribution in [0, 0.1) is 11.8 Å². The van der Waals surface area contributed by atoms with E-state index in [9.17, 15) is 71.2 Å². The SMILES string of the molecule is CC(C)(C)c1cc(CCCO)cc(C(c2ccc(C(=O)O)cc2)c2cc(CCCO)cc(C(C)(C)C)c2O)c1O.CCC(C)(C)c1cc(CCCO)cc(C(c2cc(CCCO)cc(C(C)(C)CC)c2O)C2CCC(C)=CC2C)c1O.CCC(C)(C)c1cc(CCCO)cc(C(c2ccccc2)c2cc(CCCO)cc(C(C)(C)CC)c2O)c1O. The number of aromatic carboxylic acids is 1. The van der Waals surface area contributed by atoms with Gasteiger partial charge in [0.1, 0.15) is 34.5 Å². The quantitative estimate of drug-likeness (QED) is 0.0129. The first-order chi connectivity index (χ1) is 56.5. The highest BCUT2D eigenvalue weighted by Gasteiger charge is 2.40. The Morgan fingerprint density at radius 3 is 0.858 bits per heavy atom. The lowest BCUT2D eigenvalue weighted by Crippen LogP contribution is -2.26. The summed E-state index contributed by atoms with van der Waals surface area (Å²) in [4.78, 5) is 11.6. The van der Waals surface area contributed by atoms with Crippen LogP contribution in [0.4, 0.5) is 0 Å². The van der Waals surface area contributed by atoms with Gasteiger partial charge >= 0.3 is 5.97 Å². The molecule has 9 rings (SSSR count). The Labute approximate surface area is 719 Å². The number of carbonyl (C=O) groups is 1. The van der Waals surface area contributed by atoms with Crippen LogP contribution in [0.2, 0.25) is 0 Å². The fourth-order valence-corrected chi connectivity index (χ4v) is 17.1. The average Bonchev–Trinajstić information content (AvgIpc) is 0.756. The molecular formula is C106H148O14. The van der Waals surface area contributed by atoms with E-state index >= 15 is 0 Å². The number of benzene rings is 8. The molecule has 1 aliphatic carbocycles. The number of aliphatic hydroxyl groups excluding tert-OH is 6.